The Morgan fingerprint density at radius 3 is 2.67 bits per heavy atom. The minimum atomic E-state index is -0.763. The van der Waals surface area contributed by atoms with E-state index in [2.05, 4.69) is 10.3 Å². The third-order valence-electron chi connectivity index (χ3n) is 4.13. The summed E-state index contributed by atoms with van der Waals surface area (Å²) in [6.07, 6.45) is 2.86. The highest BCUT2D eigenvalue weighted by atomic mass is 35.5. The molecular weight excluding hydrogens is 288 g/mol. The zero-order chi connectivity index (χ0) is 15.5. The Kier molecular flexibility index (Phi) is 4.68. The van der Waals surface area contributed by atoms with Gasteiger partial charge in [0.2, 0.25) is 0 Å². The van der Waals surface area contributed by atoms with Crippen LogP contribution in [0.15, 0.2) is 30.5 Å². The lowest BCUT2D eigenvalue weighted by Crippen LogP contribution is -2.36. The van der Waals surface area contributed by atoms with Crippen molar-refractivity contribution in [3.8, 4) is 0 Å². The number of pyridine rings is 1. The number of halogens is 1. The second-order valence-corrected chi connectivity index (χ2v) is 5.60. The topological polar surface area (TPSA) is 62.2 Å². The standard InChI is InChI=1S/C16H19ClN2O2/c1-3-16(4-2,15(20)21)10-19-13-7-8-18-14-9-11(17)5-6-12(13)14/h5-9H,3-4,10H2,1-2H3,(H,18,19)(H,20,21). The van der Waals surface area contributed by atoms with Gasteiger partial charge in [0.15, 0.2) is 0 Å². The van der Waals surface area contributed by atoms with Gasteiger partial charge in [-0.1, -0.05) is 25.4 Å². The number of nitrogens with one attached hydrogen (secondary N) is 1. The molecule has 2 aromatic rings. The number of nitrogens with zero attached hydrogens (tertiary/aromatic N) is 1. The van der Waals surface area contributed by atoms with Crippen LogP contribution in [0, 0.1) is 5.41 Å². The highest BCUT2D eigenvalue weighted by molar-refractivity contribution is 6.31. The summed E-state index contributed by atoms with van der Waals surface area (Å²) in [6.45, 7) is 4.20. The van der Waals surface area contributed by atoms with Crippen molar-refractivity contribution >= 4 is 34.2 Å². The molecule has 1 heterocycles. The molecule has 0 aliphatic heterocycles. The predicted molar refractivity (Wildman–Crippen MR) is 85.9 cm³/mol. The molecule has 21 heavy (non-hydrogen) atoms. The van der Waals surface area contributed by atoms with Gasteiger partial charge in [-0.2, -0.15) is 0 Å². The van der Waals surface area contributed by atoms with Gasteiger partial charge in [-0.25, -0.2) is 0 Å². The van der Waals surface area contributed by atoms with E-state index in [1.807, 2.05) is 26.0 Å². The number of hydrogen-bond donors (Lipinski definition) is 2. The summed E-state index contributed by atoms with van der Waals surface area (Å²) >= 11 is 5.97. The molecule has 0 radical (unpaired) electrons. The first-order valence-electron chi connectivity index (χ1n) is 7.04. The van der Waals surface area contributed by atoms with Crippen molar-refractivity contribution in [1.82, 2.24) is 4.98 Å². The van der Waals surface area contributed by atoms with Crippen molar-refractivity contribution in [1.29, 1.82) is 0 Å². The lowest BCUT2D eigenvalue weighted by molar-refractivity contribution is -0.148. The molecule has 112 valence electrons. The molecule has 2 rings (SSSR count). The molecule has 0 spiro atoms. The Morgan fingerprint density at radius 2 is 2.05 bits per heavy atom. The molecule has 0 saturated carbocycles. The summed E-state index contributed by atoms with van der Waals surface area (Å²) in [4.78, 5) is 15.8. The van der Waals surface area contributed by atoms with E-state index in [4.69, 9.17) is 11.6 Å². The van der Waals surface area contributed by atoms with Crippen LogP contribution >= 0.6 is 11.6 Å². The molecule has 0 aliphatic carbocycles. The molecule has 2 N–H and O–H groups in total. The predicted octanol–water partition coefficient (Wildman–Crippen LogP) is 4.19. The molecule has 5 heteroatoms. The Morgan fingerprint density at radius 1 is 1.33 bits per heavy atom. The molecule has 0 bridgehead atoms. The largest absolute Gasteiger partial charge is 0.481 e. The highest BCUT2D eigenvalue weighted by Gasteiger charge is 2.34. The van der Waals surface area contributed by atoms with Crippen LogP contribution in [-0.4, -0.2) is 22.6 Å². The Bertz CT molecular complexity index is 654. The molecular formula is C16H19ClN2O2. The molecule has 0 amide bonds. The fourth-order valence-electron chi connectivity index (χ4n) is 2.42. The fourth-order valence-corrected chi connectivity index (χ4v) is 2.58. The SMILES string of the molecule is CCC(CC)(CNc1ccnc2cc(Cl)ccc12)C(=O)O. The van der Waals surface area contributed by atoms with Gasteiger partial charge in [-0.15, -0.1) is 0 Å². The maximum atomic E-state index is 11.5. The molecule has 4 nitrogen and oxygen atoms in total. The normalized spacial score (nSPS) is 11.6. The lowest BCUT2D eigenvalue weighted by atomic mass is 9.82. The maximum Gasteiger partial charge on any atom is 0.311 e. The van der Waals surface area contributed by atoms with Crippen molar-refractivity contribution in [3.63, 3.8) is 0 Å². The average molecular weight is 307 g/mol. The van der Waals surface area contributed by atoms with Crippen LogP contribution in [-0.2, 0) is 4.79 Å². The van der Waals surface area contributed by atoms with Crippen LogP contribution in [0.5, 0.6) is 0 Å². The summed E-state index contributed by atoms with van der Waals surface area (Å²) < 4.78 is 0. The van der Waals surface area contributed by atoms with E-state index >= 15 is 0 Å². The first kappa shape index (κ1) is 15.6. The van der Waals surface area contributed by atoms with Crippen LogP contribution in [0.3, 0.4) is 0 Å². The number of carboxylic acids is 1. The first-order valence-corrected chi connectivity index (χ1v) is 7.41. The monoisotopic (exact) mass is 306 g/mol. The number of anilines is 1. The molecule has 0 atom stereocenters. The smallest absolute Gasteiger partial charge is 0.311 e. The zero-order valence-electron chi connectivity index (χ0n) is 12.2. The van der Waals surface area contributed by atoms with Gasteiger partial charge >= 0.3 is 5.97 Å². The molecule has 1 aromatic heterocycles. The van der Waals surface area contributed by atoms with Crippen LogP contribution in [0.4, 0.5) is 5.69 Å². The van der Waals surface area contributed by atoms with E-state index in [1.54, 1.807) is 18.3 Å². The Hall–Kier alpha value is -1.81. The summed E-state index contributed by atoms with van der Waals surface area (Å²) in [5.74, 6) is -0.763. The minimum Gasteiger partial charge on any atom is -0.481 e. The Labute approximate surface area is 129 Å². The van der Waals surface area contributed by atoms with Crippen molar-refractivity contribution < 1.29 is 9.90 Å². The third kappa shape index (κ3) is 3.10. The summed E-state index contributed by atoms with van der Waals surface area (Å²) in [6, 6.07) is 7.36. The summed E-state index contributed by atoms with van der Waals surface area (Å²) in [5, 5.41) is 14.3. The summed E-state index contributed by atoms with van der Waals surface area (Å²) in [5.41, 5.74) is 0.924. The van der Waals surface area contributed by atoms with Gasteiger partial charge in [0.25, 0.3) is 0 Å². The number of hydrogen-bond acceptors (Lipinski definition) is 3. The van der Waals surface area contributed by atoms with Crippen molar-refractivity contribution in [2.45, 2.75) is 26.7 Å². The minimum absolute atomic E-state index is 0.386. The number of aromatic nitrogens is 1. The van der Waals surface area contributed by atoms with Crippen molar-refractivity contribution in [2.75, 3.05) is 11.9 Å². The quantitative estimate of drug-likeness (QED) is 0.840. The van der Waals surface area contributed by atoms with Crippen LogP contribution in [0.1, 0.15) is 26.7 Å². The van der Waals surface area contributed by atoms with Crippen molar-refractivity contribution in [2.24, 2.45) is 5.41 Å². The number of aliphatic carboxylic acids is 1. The molecule has 1 aromatic carbocycles. The zero-order valence-corrected chi connectivity index (χ0v) is 12.9. The van der Waals surface area contributed by atoms with Gasteiger partial charge in [0.05, 0.1) is 10.9 Å². The van der Waals surface area contributed by atoms with Crippen LogP contribution in [0.25, 0.3) is 10.9 Å². The number of carboxylic acid groups (broad SMARTS) is 1. The van der Waals surface area contributed by atoms with Gasteiger partial charge in [-0.05, 0) is 37.1 Å². The molecule has 0 saturated heterocycles. The van der Waals surface area contributed by atoms with Crippen LogP contribution in [0.2, 0.25) is 5.02 Å². The lowest BCUT2D eigenvalue weighted by Gasteiger charge is -2.27. The van der Waals surface area contributed by atoms with Crippen molar-refractivity contribution in [3.05, 3.63) is 35.5 Å². The van der Waals surface area contributed by atoms with E-state index in [0.29, 0.717) is 24.4 Å². The summed E-state index contributed by atoms with van der Waals surface area (Å²) in [7, 11) is 0. The molecule has 0 unspecified atom stereocenters. The van der Waals surface area contributed by atoms with Gasteiger partial charge in [0.1, 0.15) is 0 Å². The average Bonchev–Trinajstić information content (AvgIpc) is 2.48. The Balaban J connectivity index is 2.30. The number of carbonyl (C=O) groups is 1. The number of fused-ring (bicyclic) bond motifs is 1. The van der Waals surface area contributed by atoms with Gasteiger partial charge < -0.3 is 10.4 Å². The molecule has 0 aliphatic rings. The van der Waals surface area contributed by atoms with E-state index in [9.17, 15) is 9.90 Å². The molecule has 0 fully saturated rings. The maximum absolute atomic E-state index is 11.5. The van der Waals surface area contributed by atoms with E-state index in [-0.39, 0.29) is 0 Å². The first-order chi connectivity index (χ1) is 10.0. The van der Waals surface area contributed by atoms with Gasteiger partial charge in [-0.3, -0.25) is 9.78 Å². The number of benzene rings is 1. The second-order valence-electron chi connectivity index (χ2n) is 5.17. The highest BCUT2D eigenvalue weighted by Crippen LogP contribution is 2.29. The van der Waals surface area contributed by atoms with Gasteiger partial charge in [0, 0.05) is 28.8 Å². The second kappa shape index (κ2) is 6.31. The third-order valence-corrected chi connectivity index (χ3v) is 4.36. The van der Waals surface area contributed by atoms with E-state index in [0.717, 1.165) is 16.6 Å². The van der Waals surface area contributed by atoms with Crippen LogP contribution < -0.4 is 5.32 Å². The van der Waals surface area contributed by atoms with E-state index in [1.165, 1.54) is 0 Å². The van der Waals surface area contributed by atoms with E-state index < -0.39 is 11.4 Å². The number of rotatable bonds is 6. The fraction of sp³-hybridized carbons (Fsp3) is 0.375.